The summed E-state index contributed by atoms with van der Waals surface area (Å²) in [7, 11) is 0. The first-order chi connectivity index (χ1) is 15.8. The smallest absolute Gasteiger partial charge is 0.329 e. The largest absolute Gasteiger partial charge is 0.490 e. The fourth-order valence-corrected chi connectivity index (χ4v) is 2.65. The Balaban J connectivity index is 1.97. The maximum absolute atomic E-state index is 12.2. The molecule has 0 radical (unpaired) electrons. The van der Waals surface area contributed by atoms with Gasteiger partial charge in [-0.05, 0) is 55.3 Å². The van der Waals surface area contributed by atoms with Crippen molar-refractivity contribution < 1.29 is 23.9 Å². The molecule has 0 unspecified atom stereocenters. The lowest BCUT2D eigenvalue weighted by Crippen LogP contribution is -2.37. The molecule has 2 rings (SSSR count). The third kappa shape index (κ3) is 8.30. The van der Waals surface area contributed by atoms with E-state index in [0.717, 1.165) is 5.56 Å². The number of ether oxygens (including phenoxy) is 2. The predicted molar refractivity (Wildman–Crippen MR) is 127 cm³/mol. The molecule has 2 aromatic rings. The summed E-state index contributed by atoms with van der Waals surface area (Å²) in [5, 5.41) is 9.36. The van der Waals surface area contributed by atoms with E-state index in [1.54, 1.807) is 37.3 Å². The van der Waals surface area contributed by atoms with E-state index >= 15 is 0 Å². The number of amides is 3. The molecule has 2 aromatic carbocycles. The zero-order chi connectivity index (χ0) is 24.2. The summed E-state index contributed by atoms with van der Waals surface area (Å²) in [6, 6.07) is 10.1. The number of anilines is 1. The van der Waals surface area contributed by atoms with Crippen LogP contribution in [0.2, 0.25) is 5.02 Å². The quantitative estimate of drug-likeness (QED) is 0.213. The van der Waals surface area contributed by atoms with Crippen LogP contribution in [0.4, 0.5) is 5.69 Å². The van der Waals surface area contributed by atoms with Crippen molar-refractivity contribution >= 4 is 41.2 Å². The van der Waals surface area contributed by atoms with E-state index in [-0.39, 0.29) is 19.1 Å². The third-order valence-corrected chi connectivity index (χ3v) is 4.48. The Kier molecular flexibility index (Phi) is 9.91. The number of rotatable bonds is 10. The van der Waals surface area contributed by atoms with E-state index in [0.29, 0.717) is 34.4 Å². The monoisotopic (exact) mass is 472 g/mol. The van der Waals surface area contributed by atoms with Crippen molar-refractivity contribution in [2.45, 2.75) is 13.8 Å². The molecule has 0 bridgehead atoms. The van der Waals surface area contributed by atoms with Gasteiger partial charge >= 0.3 is 11.8 Å². The molecule has 0 atom stereocenters. The molecule has 0 aliphatic heterocycles. The van der Waals surface area contributed by atoms with E-state index in [9.17, 15) is 14.4 Å². The molecule has 0 spiro atoms. The second-order valence-electron chi connectivity index (χ2n) is 6.64. The van der Waals surface area contributed by atoms with Gasteiger partial charge in [-0.2, -0.15) is 5.10 Å². The Labute approximate surface area is 196 Å². The molecule has 3 N–H and O–H groups in total. The van der Waals surface area contributed by atoms with Crippen LogP contribution >= 0.6 is 11.6 Å². The van der Waals surface area contributed by atoms with Crippen molar-refractivity contribution in [3.8, 4) is 11.5 Å². The standard InChI is InChI=1S/C23H25ClN4O5/c1-4-10-25-22(30)23(31)28-26-13-16-7-9-19(20(11-16)32-5-2)33-14-21(29)27-17-8-6-15(3)18(24)12-17/h4,6-9,11-13H,1,5,10,14H2,2-3H3,(H,25,30)(H,27,29)(H,28,31)/b26-13-. The number of carbonyl (C=O) groups is 3. The Hall–Kier alpha value is -3.85. The maximum atomic E-state index is 12.2. The average Bonchev–Trinajstić information content (AvgIpc) is 2.79. The number of aryl methyl sites for hydroxylation is 1. The van der Waals surface area contributed by atoms with Gasteiger partial charge in [0.15, 0.2) is 18.1 Å². The lowest BCUT2D eigenvalue weighted by molar-refractivity contribution is -0.139. The highest BCUT2D eigenvalue weighted by molar-refractivity contribution is 6.35. The first-order valence-electron chi connectivity index (χ1n) is 10.0. The highest BCUT2D eigenvalue weighted by Gasteiger charge is 2.12. The zero-order valence-electron chi connectivity index (χ0n) is 18.3. The van der Waals surface area contributed by atoms with Crippen LogP contribution in [-0.2, 0) is 14.4 Å². The Morgan fingerprint density at radius 3 is 2.58 bits per heavy atom. The molecule has 174 valence electrons. The summed E-state index contributed by atoms with van der Waals surface area (Å²) in [5.41, 5.74) is 4.18. The number of hydrazone groups is 1. The first-order valence-corrected chi connectivity index (χ1v) is 10.4. The zero-order valence-corrected chi connectivity index (χ0v) is 19.1. The molecule has 0 saturated carbocycles. The van der Waals surface area contributed by atoms with E-state index in [1.165, 1.54) is 12.3 Å². The van der Waals surface area contributed by atoms with Gasteiger partial charge < -0.3 is 20.1 Å². The van der Waals surface area contributed by atoms with E-state index in [1.807, 2.05) is 13.0 Å². The maximum Gasteiger partial charge on any atom is 0.329 e. The summed E-state index contributed by atoms with van der Waals surface area (Å²) in [4.78, 5) is 35.3. The van der Waals surface area contributed by atoms with Gasteiger partial charge in [0.2, 0.25) is 0 Å². The molecule has 0 aliphatic carbocycles. The van der Waals surface area contributed by atoms with Crippen LogP contribution in [0.1, 0.15) is 18.1 Å². The van der Waals surface area contributed by atoms with Crippen LogP contribution in [-0.4, -0.2) is 43.7 Å². The molecule has 3 amide bonds. The number of carbonyl (C=O) groups excluding carboxylic acids is 3. The van der Waals surface area contributed by atoms with Crippen LogP contribution in [0.25, 0.3) is 0 Å². The Bertz CT molecular complexity index is 1060. The van der Waals surface area contributed by atoms with Gasteiger partial charge in [0.05, 0.1) is 12.8 Å². The van der Waals surface area contributed by atoms with Gasteiger partial charge in [0.25, 0.3) is 5.91 Å². The van der Waals surface area contributed by atoms with Crippen LogP contribution in [0, 0.1) is 6.92 Å². The number of halogens is 1. The van der Waals surface area contributed by atoms with Crippen LogP contribution in [0.3, 0.4) is 0 Å². The topological polar surface area (TPSA) is 118 Å². The summed E-state index contributed by atoms with van der Waals surface area (Å²) in [5.74, 6) is -1.34. The molecule has 0 fully saturated rings. The molecule has 0 aromatic heterocycles. The predicted octanol–water partition coefficient (Wildman–Crippen LogP) is 2.82. The Morgan fingerprint density at radius 1 is 1.09 bits per heavy atom. The minimum absolute atomic E-state index is 0.173. The van der Waals surface area contributed by atoms with Crippen molar-refractivity contribution in [3.05, 3.63) is 65.2 Å². The van der Waals surface area contributed by atoms with Crippen molar-refractivity contribution in [2.75, 3.05) is 25.1 Å². The fourth-order valence-electron chi connectivity index (χ4n) is 2.46. The molecule has 33 heavy (non-hydrogen) atoms. The van der Waals surface area contributed by atoms with Gasteiger partial charge in [0.1, 0.15) is 0 Å². The highest BCUT2D eigenvalue weighted by atomic mass is 35.5. The molecule has 0 heterocycles. The van der Waals surface area contributed by atoms with Gasteiger partial charge in [-0.25, -0.2) is 5.43 Å². The highest BCUT2D eigenvalue weighted by Crippen LogP contribution is 2.28. The summed E-state index contributed by atoms with van der Waals surface area (Å²) in [6.45, 7) is 7.42. The van der Waals surface area contributed by atoms with Gasteiger partial charge in [0, 0.05) is 17.3 Å². The van der Waals surface area contributed by atoms with Gasteiger partial charge in [-0.1, -0.05) is 23.7 Å². The van der Waals surface area contributed by atoms with Crippen molar-refractivity contribution in [3.63, 3.8) is 0 Å². The summed E-state index contributed by atoms with van der Waals surface area (Å²) in [6.07, 6.45) is 2.80. The lowest BCUT2D eigenvalue weighted by Gasteiger charge is -2.13. The van der Waals surface area contributed by atoms with Crippen molar-refractivity contribution in [2.24, 2.45) is 5.10 Å². The Morgan fingerprint density at radius 2 is 1.88 bits per heavy atom. The van der Waals surface area contributed by atoms with Crippen LogP contribution < -0.4 is 25.5 Å². The van der Waals surface area contributed by atoms with Crippen LogP contribution in [0.15, 0.2) is 54.2 Å². The normalized spacial score (nSPS) is 10.4. The van der Waals surface area contributed by atoms with Gasteiger partial charge in [-0.3, -0.25) is 14.4 Å². The molecule has 10 heteroatoms. The minimum Gasteiger partial charge on any atom is -0.490 e. The molecule has 9 nitrogen and oxygen atoms in total. The second-order valence-corrected chi connectivity index (χ2v) is 7.05. The minimum atomic E-state index is -0.904. The number of nitrogens with one attached hydrogen (secondary N) is 3. The van der Waals surface area contributed by atoms with Crippen molar-refractivity contribution in [1.82, 2.24) is 10.7 Å². The molecular formula is C23H25ClN4O5. The number of benzene rings is 2. The third-order valence-electron chi connectivity index (χ3n) is 4.07. The van der Waals surface area contributed by atoms with E-state index in [2.05, 4.69) is 27.7 Å². The number of nitrogens with zero attached hydrogens (tertiary/aromatic N) is 1. The first kappa shape index (κ1) is 25.4. The van der Waals surface area contributed by atoms with E-state index in [4.69, 9.17) is 21.1 Å². The van der Waals surface area contributed by atoms with Crippen molar-refractivity contribution in [1.29, 1.82) is 0 Å². The van der Waals surface area contributed by atoms with Crippen LogP contribution in [0.5, 0.6) is 11.5 Å². The lowest BCUT2D eigenvalue weighted by atomic mass is 10.2. The van der Waals surface area contributed by atoms with E-state index < -0.39 is 11.8 Å². The SMILES string of the molecule is C=CCNC(=O)C(=O)N/N=C\c1ccc(OCC(=O)Nc2ccc(C)c(Cl)c2)c(OCC)c1. The molecule has 0 aliphatic rings. The molecule has 0 saturated heterocycles. The summed E-state index contributed by atoms with van der Waals surface area (Å²) >= 11 is 6.07. The van der Waals surface area contributed by atoms with Gasteiger partial charge in [-0.15, -0.1) is 6.58 Å². The second kappa shape index (κ2) is 12.9. The number of hydrogen-bond acceptors (Lipinski definition) is 6. The molecular weight excluding hydrogens is 448 g/mol. The summed E-state index contributed by atoms with van der Waals surface area (Å²) < 4.78 is 11.2. The fraction of sp³-hybridized carbons (Fsp3) is 0.217. The average molecular weight is 473 g/mol. The number of hydrogen-bond donors (Lipinski definition) is 3.